The first-order valence-corrected chi connectivity index (χ1v) is 10.4. The van der Waals surface area contributed by atoms with Crippen molar-refractivity contribution < 1.29 is 18.7 Å². The molecule has 2 heterocycles. The standard InChI is InChI=1S/C24H27F2N3O2/c1-27-11-10-20(15-27)28(2)23(31)29-14-17(21-12-19(25)8-9-22(21)26)13-24(29,16-30)18-6-4-3-5-7-18/h3-9,12-13,20,30H,10-11,14-16H2,1-2H3. The molecule has 2 amide bonds. The van der Waals surface area contributed by atoms with Crippen LogP contribution in [0.2, 0.25) is 0 Å². The Hall–Kier alpha value is -2.77. The van der Waals surface area contributed by atoms with Crippen LogP contribution >= 0.6 is 0 Å². The number of hydrogen-bond acceptors (Lipinski definition) is 3. The summed E-state index contributed by atoms with van der Waals surface area (Å²) in [6.45, 7) is 1.37. The van der Waals surface area contributed by atoms with E-state index < -0.39 is 17.2 Å². The van der Waals surface area contributed by atoms with Gasteiger partial charge < -0.3 is 19.8 Å². The van der Waals surface area contributed by atoms with Crippen LogP contribution in [0.15, 0.2) is 54.6 Å². The summed E-state index contributed by atoms with van der Waals surface area (Å²) in [5.74, 6) is -1.12. The zero-order chi connectivity index (χ0) is 22.2. The molecule has 0 saturated carbocycles. The molecule has 2 unspecified atom stereocenters. The van der Waals surface area contributed by atoms with Crippen LogP contribution in [0.1, 0.15) is 17.5 Å². The molecule has 0 aliphatic carbocycles. The second-order valence-corrected chi connectivity index (χ2v) is 8.43. The summed E-state index contributed by atoms with van der Waals surface area (Å²) in [5, 5.41) is 10.5. The lowest BCUT2D eigenvalue weighted by atomic mass is 9.89. The van der Waals surface area contributed by atoms with Gasteiger partial charge in [-0.05, 0) is 55.4 Å². The van der Waals surface area contributed by atoms with Gasteiger partial charge in [0.1, 0.15) is 17.2 Å². The van der Waals surface area contributed by atoms with Gasteiger partial charge in [0.25, 0.3) is 0 Å². The first kappa shape index (κ1) is 21.5. The monoisotopic (exact) mass is 427 g/mol. The second kappa shape index (κ2) is 8.40. The third-order valence-electron chi connectivity index (χ3n) is 6.46. The van der Waals surface area contributed by atoms with E-state index in [0.29, 0.717) is 5.57 Å². The number of nitrogens with zero attached hydrogens (tertiary/aromatic N) is 3. The van der Waals surface area contributed by atoms with Gasteiger partial charge in [0.2, 0.25) is 0 Å². The van der Waals surface area contributed by atoms with Crippen molar-refractivity contribution >= 4 is 11.6 Å². The van der Waals surface area contributed by atoms with E-state index in [4.69, 9.17) is 0 Å². The highest BCUT2D eigenvalue weighted by Gasteiger charge is 2.46. The number of carbonyl (C=O) groups excluding carboxylic acids is 1. The highest BCUT2D eigenvalue weighted by Crippen LogP contribution is 2.41. The van der Waals surface area contributed by atoms with E-state index in [1.54, 1.807) is 22.9 Å². The molecule has 1 N–H and O–H groups in total. The number of hydrogen-bond donors (Lipinski definition) is 1. The smallest absolute Gasteiger partial charge is 0.321 e. The summed E-state index contributed by atoms with van der Waals surface area (Å²) >= 11 is 0. The van der Waals surface area contributed by atoms with Crippen molar-refractivity contribution in [2.75, 3.05) is 40.3 Å². The van der Waals surface area contributed by atoms with Gasteiger partial charge in [0.05, 0.1) is 6.61 Å². The Morgan fingerprint density at radius 2 is 1.97 bits per heavy atom. The molecule has 0 radical (unpaired) electrons. The second-order valence-electron chi connectivity index (χ2n) is 8.43. The maximum Gasteiger partial charge on any atom is 0.321 e. The Balaban J connectivity index is 1.77. The summed E-state index contributed by atoms with van der Waals surface area (Å²) < 4.78 is 28.5. The third-order valence-corrected chi connectivity index (χ3v) is 6.46. The predicted octanol–water partition coefficient (Wildman–Crippen LogP) is 3.31. The first-order chi connectivity index (χ1) is 14.9. The minimum atomic E-state index is -1.16. The molecular weight excluding hydrogens is 400 g/mol. The summed E-state index contributed by atoms with van der Waals surface area (Å²) in [5.41, 5.74) is 0.132. The Labute approximate surface area is 181 Å². The molecular formula is C24H27F2N3O2. The number of aliphatic hydroxyl groups is 1. The Bertz CT molecular complexity index is 998. The molecule has 4 rings (SSSR count). The summed E-state index contributed by atoms with van der Waals surface area (Å²) in [4.78, 5) is 19.1. The minimum absolute atomic E-state index is 0.0552. The van der Waals surface area contributed by atoms with Gasteiger partial charge in [-0.1, -0.05) is 30.3 Å². The van der Waals surface area contributed by atoms with Crippen LogP contribution in [0, 0.1) is 11.6 Å². The molecule has 2 aliphatic rings. The lowest BCUT2D eigenvalue weighted by Gasteiger charge is -2.40. The van der Waals surface area contributed by atoms with Gasteiger partial charge in [0, 0.05) is 31.7 Å². The van der Waals surface area contributed by atoms with Crippen LogP contribution < -0.4 is 0 Å². The van der Waals surface area contributed by atoms with Crippen LogP contribution in [0.3, 0.4) is 0 Å². The molecule has 0 aromatic heterocycles. The molecule has 0 bridgehead atoms. The Kier molecular flexibility index (Phi) is 5.81. The fourth-order valence-electron chi connectivity index (χ4n) is 4.63. The largest absolute Gasteiger partial charge is 0.393 e. The molecule has 1 fully saturated rings. The quantitative estimate of drug-likeness (QED) is 0.815. The van der Waals surface area contributed by atoms with Crippen molar-refractivity contribution in [2.24, 2.45) is 0 Å². The minimum Gasteiger partial charge on any atom is -0.393 e. The number of amides is 2. The number of rotatable bonds is 4. The normalized spacial score (nSPS) is 23.8. The molecule has 31 heavy (non-hydrogen) atoms. The van der Waals surface area contributed by atoms with Gasteiger partial charge in [-0.15, -0.1) is 0 Å². The van der Waals surface area contributed by atoms with Gasteiger partial charge in [-0.3, -0.25) is 0 Å². The SMILES string of the molecule is CN1CCC(N(C)C(=O)N2CC(c3cc(F)ccc3F)=CC2(CO)c2ccccc2)C1. The highest BCUT2D eigenvalue weighted by atomic mass is 19.1. The van der Waals surface area contributed by atoms with Crippen LogP contribution in [0.25, 0.3) is 5.57 Å². The van der Waals surface area contributed by atoms with E-state index in [1.807, 2.05) is 37.4 Å². The maximum absolute atomic E-state index is 14.6. The fraction of sp³-hybridized carbons (Fsp3) is 0.375. The first-order valence-electron chi connectivity index (χ1n) is 10.4. The van der Waals surface area contributed by atoms with Gasteiger partial charge in [-0.2, -0.15) is 0 Å². The average Bonchev–Trinajstić information content (AvgIpc) is 3.39. The summed E-state index contributed by atoms with van der Waals surface area (Å²) in [7, 11) is 3.78. The van der Waals surface area contributed by atoms with E-state index in [0.717, 1.165) is 43.3 Å². The van der Waals surface area contributed by atoms with Crippen molar-refractivity contribution in [2.45, 2.75) is 18.0 Å². The van der Waals surface area contributed by atoms with Gasteiger partial charge in [-0.25, -0.2) is 13.6 Å². The van der Waals surface area contributed by atoms with Gasteiger partial charge in [0.15, 0.2) is 0 Å². The van der Waals surface area contributed by atoms with Crippen LogP contribution in [0.4, 0.5) is 13.6 Å². The van der Waals surface area contributed by atoms with Crippen LogP contribution in [-0.2, 0) is 5.54 Å². The van der Waals surface area contributed by atoms with Crippen LogP contribution in [0.5, 0.6) is 0 Å². The highest BCUT2D eigenvalue weighted by molar-refractivity contribution is 5.83. The zero-order valence-corrected chi connectivity index (χ0v) is 17.8. The lowest BCUT2D eigenvalue weighted by molar-refractivity contribution is 0.0800. The van der Waals surface area contributed by atoms with Crippen molar-refractivity contribution in [1.82, 2.24) is 14.7 Å². The van der Waals surface area contributed by atoms with Gasteiger partial charge >= 0.3 is 6.03 Å². The van der Waals surface area contributed by atoms with Crippen molar-refractivity contribution in [3.8, 4) is 0 Å². The topological polar surface area (TPSA) is 47.0 Å². The molecule has 2 aliphatic heterocycles. The van der Waals surface area contributed by atoms with E-state index in [9.17, 15) is 18.7 Å². The summed E-state index contributed by atoms with van der Waals surface area (Å²) in [6, 6.07) is 12.3. The predicted molar refractivity (Wildman–Crippen MR) is 115 cm³/mol. The number of halogens is 2. The van der Waals surface area contributed by atoms with E-state index in [2.05, 4.69) is 4.90 Å². The Morgan fingerprint density at radius 3 is 2.61 bits per heavy atom. The van der Waals surface area contributed by atoms with Crippen molar-refractivity contribution in [3.05, 3.63) is 77.4 Å². The third kappa shape index (κ3) is 3.83. The fourth-order valence-corrected chi connectivity index (χ4v) is 4.63. The number of aliphatic hydroxyl groups excluding tert-OH is 1. The number of carbonyl (C=O) groups is 1. The van der Waals surface area contributed by atoms with Crippen molar-refractivity contribution in [1.29, 1.82) is 0 Å². The number of likely N-dealkylation sites (N-methyl/N-ethyl adjacent to an activating group) is 2. The number of benzene rings is 2. The zero-order valence-electron chi connectivity index (χ0n) is 17.8. The molecule has 0 spiro atoms. The molecule has 2 atom stereocenters. The lowest BCUT2D eigenvalue weighted by Crippen LogP contribution is -2.54. The number of likely N-dealkylation sites (tertiary alicyclic amines) is 1. The maximum atomic E-state index is 14.6. The molecule has 164 valence electrons. The Morgan fingerprint density at radius 1 is 1.23 bits per heavy atom. The van der Waals surface area contributed by atoms with Crippen molar-refractivity contribution in [3.63, 3.8) is 0 Å². The average molecular weight is 427 g/mol. The molecule has 1 saturated heterocycles. The molecule has 2 aromatic carbocycles. The van der Waals surface area contributed by atoms with E-state index in [-0.39, 0.29) is 30.8 Å². The molecule has 5 nitrogen and oxygen atoms in total. The summed E-state index contributed by atoms with van der Waals surface area (Å²) in [6.07, 6.45) is 2.57. The van der Waals surface area contributed by atoms with Crippen LogP contribution in [-0.4, -0.2) is 72.2 Å². The number of urea groups is 1. The van der Waals surface area contributed by atoms with E-state index in [1.165, 1.54) is 0 Å². The molecule has 2 aromatic rings. The molecule has 7 heteroatoms. The van der Waals surface area contributed by atoms with E-state index >= 15 is 0 Å².